The molecule has 3 heteroatoms. The van der Waals surface area contributed by atoms with Crippen molar-refractivity contribution in [2.45, 2.75) is 39.5 Å². The van der Waals surface area contributed by atoms with Crippen LogP contribution in [0.15, 0.2) is 36.4 Å². The Kier molecular flexibility index (Phi) is 4.81. The summed E-state index contributed by atoms with van der Waals surface area (Å²) in [6.45, 7) is 8.80. The highest BCUT2D eigenvalue weighted by Crippen LogP contribution is 2.36. The van der Waals surface area contributed by atoms with Crippen LogP contribution in [0.2, 0.25) is 0 Å². The van der Waals surface area contributed by atoms with Gasteiger partial charge in [-0.25, -0.2) is 0 Å². The summed E-state index contributed by atoms with van der Waals surface area (Å²) in [5.41, 5.74) is 9.16. The highest BCUT2D eigenvalue weighted by atomic mass is 127. The maximum atomic E-state index is 6.16. The molecule has 2 nitrogen and oxygen atoms in total. The van der Waals surface area contributed by atoms with E-state index in [9.17, 15) is 0 Å². The van der Waals surface area contributed by atoms with Gasteiger partial charge in [0.05, 0.1) is 3.57 Å². The first-order valence-electron chi connectivity index (χ1n) is 7.17. The lowest BCUT2D eigenvalue weighted by atomic mass is 9.85. The number of aryl methyl sites for hydroxylation is 1. The van der Waals surface area contributed by atoms with Gasteiger partial charge in [0.1, 0.15) is 11.5 Å². The number of halogens is 1. The molecular formula is C18H22INO. The van der Waals surface area contributed by atoms with Gasteiger partial charge in [-0.2, -0.15) is 0 Å². The molecule has 2 rings (SSSR count). The molecule has 0 atom stereocenters. The molecule has 0 aliphatic heterocycles. The summed E-state index contributed by atoms with van der Waals surface area (Å²) in [6.07, 6.45) is 1.03. The van der Waals surface area contributed by atoms with E-state index in [1.165, 1.54) is 11.1 Å². The van der Waals surface area contributed by atoms with E-state index in [0.717, 1.165) is 27.2 Å². The molecule has 0 fully saturated rings. The van der Waals surface area contributed by atoms with Crippen molar-refractivity contribution in [3.63, 3.8) is 0 Å². The molecule has 0 amide bonds. The molecule has 0 aliphatic carbocycles. The van der Waals surface area contributed by atoms with Crippen molar-refractivity contribution in [2.75, 3.05) is 5.73 Å². The number of ether oxygens (including phenoxy) is 1. The Morgan fingerprint density at radius 3 is 2.29 bits per heavy atom. The molecule has 0 spiro atoms. The van der Waals surface area contributed by atoms with E-state index < -0.39 is 0 Å². The SMILES string of the molecule is CCc1ccc(Oc2ccc(N)cc2I)c(C(C)(C)C)c1. The largest absolute Gasteiger partial charge is 0.456 e. The minimum atomic E-state index is 0.0414. The van der Waals surface area contributed by atoms with Gasteiger partial charge in [-0.05, 0) is 64.3 Å². The summed E-state index contributed by atoms with van der Waals surface area (Å²) in [5, 5.41) is 0. The zero-order valence-electron chi connectivity index (χ0n) is 13.0. The maximum absolute atomic E-state index is 6.16. The molecule has 2 aromatic rings. The van der Waals surface area contributed by atoms with Gasteiger partial charge < -0.3 is 10.5 Å². The molecule has 2 aromatic carbocycles. The van der Waals surface area contributed by atoms with E-state index in [0.29, 0.717) is 0 Å². The molecule has 0 heterocycles. The van der Waals surface area contributed by atoms with Crippen LogP contribution in [0.5, 0.6) is 11.5 Å². The van der Waals surface area contributed by atoms with Crippen LogP contribution in [0.25, 0.3) is 0 Å². The van der Waals surface area contributed by atoms with E-state index in [-0.39, 0.29) is 5.41 Å². The van der Waals surface area contributed by atoms with Gasteiger partial charge in [0.2, 0.25) is 0 Å². The average molecular weight is 395 g/mol. The Balaban J connectivity index is 2.44. The van der Waals surface area contributed by atoms with Crippen molar-refractivity contribution in [3.05, 3.63) is 51.1 Å². The summed E-state index contributed by atoms with van der Waals surface area (Å²) in [7, 11) is 0. The fraction of sp³-hybridized carbons (Fsp3) is 0.333. The average Bonchev–Trinajstić information content (AvgIpc) is 2.41. The summed E-state index contributed by atoms with van der Waals surface area (Å²) >= 11 is 2.25. The molecule has 0 aliphatic rings. The number of benzene rings is 2. The molecular weight excluding hydrogens is 373 g/mol. The fourth-order valence-electron chi connectivity index (χ4n) is 2.19. The monoisotopic (exact) mass is 395 g/mol. The van der Waals surface area contributed by atoms with Crippen LogP contribution in [0.1, 0.15) is 38.8 Å². The van der Waals surface area contributed by atoms with E-state index >= 15 is 0 Å². The smallest absolute Gasteiger partial charge is 0.140 e. The number of nitrogen functional groups attached to an aromatic ring is 1. The number of rotatable bonds is 3. The summed E-state index contributed by atoms with van der Waals surface area (Å²) in [4.78, 5) is 0. The van der Waals surface area contributed by atoms with Gasteiger partial charge in [0.15, 0.2) is 0 Å². The first-order valence-corrected chi connectivity index (χ1v) is 8.25. The lowest BCUT2D eigenvalue weighted by Crippen LogP contribution is -2.13. The third kappa shape index (κ3) is 3.90. The van der Waals surface area contributed by atoms with Crippen LogP contribution in [0.3, 0.4) is 0 Å². The van der Waals surface area contributed by atoms with E-state index in [1.54, 1.807) is 0 Å². The van der Waals surface area contributed by atoms with Gasteiger partial charge in [0.25, 0.3) is 0 Å². The van der Waals surface area contributed by atoms with E-state index in [4.69, 9.17) is 10.5 Å². The van der Waals surface area contributed by atoms with Crippen LogP contribution in [0.4, 0.5) is 5.69 Å². The van der Waals surface area contributed by atoms with Crippen molar-refractivity contribution in [3.8, 4) is 11.5 Å². The second kappa shape index (κ2) is 6.26. The predicted molar refractivity (Wildman–Crippen MR) is 98.2 cm³/mol. The van der Waals surface area contributed by atoms with E-state index in [2.05, 4.69) is 68.5 Å². The molecule has 21 heavy (non-hydrogen) atoms. The third-order valence-corrected chi connectivity index (χ3v) is 4.28. The van der Waals surface area contributed by atoms with Crippen LogP contribution in [0, 0.1) is 3.57 Å². The molecule has 0 unspecified atom stereocenters. The Morgan fingerprint density at radius 1 is 1.05 bits per heavy atom. The van der Waals surface area contributed by atoms with Gasteiger partial charge in [-0.1, -0.05) is 39.8 Å². The minimum Gasteiger partial charge on any atom is -0.456 e. The number of hydrogen-bond acceptors (Lipinski definition) is 2. The normalized spacial score (nSPS) is 11.5. The van der Waals surface area contributed by atoms with Crippen LogP contribution in [-0.4, -0.2) is 0 Å². The number of anilines is 1. The quantitative estimate of drug-likeness (QED) is 0.548. The topological polar surface area (TPSA) is 35.2 Å². The van der Waals surface area contributed by atoms with Crippen molar-refractivity contribution < 1.29 is 4.74 Å². The zero-order chi connectivity index (χ0) is 15.6. The van der Waals surface area contributed by atoms with Gasteiger partial charge in [-0.3, -0.25) is 0 Å². The molecule has 0 radical (unpaired) electrons. The predicted octanol–water partition coefficient (Wildman–Crippen LogP) is 5.53. The summed E-state index contributed by atoms with van der Waals surface area (Å²) in [5.74, 6) is 1.77. The first-order chi connectivity index (χ1) is 9.81. The minimum absolute atomic E-state index is 0.0414. The van der Waals surface area contributed by atoms with Crippen molar-refractivity contribution in [1.82, 2.24) is 0 Å². The van der Waals surface area contributed by atoms with Crippen LogP contribution >= 0.6 is 22.6 Å². The summed E-state index contributed by atoms with van der Waals surface area (Å²) < 4.78 is 7.18. The highest BCUT2D eigenvalue weighted by molar-refractivity contribution is 14.1. The molecule has 0 bridgehead atoms. The molecule has 0 saturated carbocycles. The van der Waals surface area contributed by atoms with Gasteiger partial charge in [0, 0.05) is 11.3 Å². The fourth-order valence-corrected chi connectivity index (χ4v) is 2.84. The Bertz CT molecular complexity index is 644. The van der Waals surface area contributed by atoms with Crippen molar-refractivity contribution >= 4 is 28.3 Å². The standard InChI is InChI=1S/C18H22INO/c1-5-12-6-8-16(14(10-12)18(2,3)4)21-17-9-7-13(20)11-15(17)19/h6-11H,5,20H2,1-4H3. The van der Waals surface area contributed by atoms with Crippen molar-refractivity contribution in [1.29, 1.82) is 0 Å². The zero-order valence-corrected chi connectivity index (χ0v) is 15.2. The first kappa shape index (κ1) is 16.1. The van der Waals surface area contributed by atoms with Gasteiger partial charge >= 0.3 is 0 Å². The molecule has 112 valence electrons. The van der Waals surface area contributed by atoms with Crippen LogP contribution < -0.4 is 10.5 Å². The Morgan fingerprint density at radius 2 is 1.71 bits per heavy atom. The highest BCUT2D eigenvalue weighted by Gasteiger charge is 2.20. The molecule has 0 saturated heterocycles. The lowest BCUT2D eigenvalue weighted by molar-refractivity contribution is 0.452. The summed E-state index contributed by atoms with van der Waals surface area (Å²) in [6, 6.07) is 12.2. The third-order valence-electron chi connectivity index (χ3n) is 3.44. The second-order valence-electron chi connectivity index (χ2n) is 6.23. The Labute approximate surface area is 140 Å². The molecule has 0 aromatic heterocycles. The van der Waals surface area contributed by atoms with Gasteiger partial charge in [-0.15, -0.1) is 0 Å². The van der Waals surface area contributed by atoms with Crippen molar-refractivity contribution in [2.24, 2.45) is 0 Å². The van der Waals surface area contributed by atoms with E-state index in [1.807, 2.05) is 18.2 Å². The lowest BCUT2D eigenvalue weighted by Gasteiger charge is -2.24. The molecule has 2 N–H and O–H groups in total. The van der Waals surface area contributed by atoms with Crippen LogP contribution in [-0.2, 0) is 11.8 Å². The number of nitrogens with two attached hydrogens (primary N) is 1. The second-order valence-corrected chi connectivity index (χ2v) is 7.39. The number of hydrogen-bond donors (Lipinski definition) is 1. The maximum Gasteiger partial charge on any atom is 0.140 e. The Hall–Kier alpha value is -1.23.